The number of benzene rings is 6. The quantitative estimate of drug-likeness (QED) is 0.0343. The highest BCUT2D eigenvalue weighted by Crippen LogP contribution is 2.29. The molecule has 2 aromatic heterocycles. The molecule has 0 atom stereocenters. The first-order chi connectivity index (χ1) is 46.8. The summed E-state index contributed by atoms with van der Waals surface area (Å²) in [5.41, 5.74) is 12.9. The van der Waals surface area contributed by atoms with Gasteiger partial charge in [0.15, 0.2) is 0 Å². The minimum absolute atomic E-state index is 0.0399. The van der Waals surface area contributed by atoms with Crippen LogP contribution >= 0.6 is 0 Å². The second kappa shape index (κ2) is 38.4. The Bertz CT molecular complexity index is 3250. The molecule has 6 aromatic carbocycles. The monoisotopic (exact) mass is 1290 g/mol. The van der Waals surface area contributed by atoms with Crippen LogP contribution in [-0.4, -0.2) is 169 Å². The van der Waals surface area contributed by atoms with Gasteiger partial charge in [-0.2, -0.15) is 0 Å². The van der Waals surface area contributed by atoms with Crippen molar-refractivity contribution in [2.45, 2.75) is 116 Å². The second-order valence-electron chi connectivity index (χ2n) is 24.4. The molecule has 2 amide bonds. The van der Waals surface area contributed by atoms with Gasteiger partial charge in [0.05, 0.1) is 91.6 Å². The number of rotatable bonds is 44. The third-order valence-electron chi connectivity index (χ3n) is 17.5. The first-order valence-corrected chi connectivity index (χ1v) is 34.4. The van der Waals surface area contributed by atoms with Crippen LogP contribution in [0.15, 0.2) is 158 Å². The lowest BCUT2D eigenvalue weighted by molar-refractivity contribution is -0.0121. The average Bonchev–Trinajstić information content (AvgIpc) is 1.83. The van der Waals surface area contributed by atoms with Crippen molar-refractivity contribution in [3.8, 4) is 33.8 Å². The summed E-state index contributed by atoms with van der Waals surface area (Å²) in [5, 5.41) is 23.2. The first-order valence-electron chi connectivity index (χ1n) is 34.4. The lowest BCUT2D eigenvalue weighted by Crippen LogP contribution is -2.37. The largest absolute Gasteiger partial charge is 0.487 e. The molecule has 2 aliphatic carbocycles. The molecule has 0 fully saturated rings. The van der Waals surface area contributed by atoms with Gasteiger partial charge < -0.3 is 43.8 Å². The third kappa shape index (κ3) is 22.5. The lowest BCUT2D eigenvalue weighted by Gasteiger charge is -2.28. The van der Waals surface area contributed by atoms with E-state index in [2.05, 4.69) is 103 Å². The Hall–Kier alpha value is -8.14. The highest BCUT2D eigenvalue weighted by molar-refractivity contribution is 5.95. The van der Waals surface area contributed by atoms with E-state index < -0.39 is 0 Å². The Morgan fingerprint density at radius 1 is 0.421 bits per heavy atom. The van der Waals surface area contributed by atoms with E-state index in [1.807, 2.05) is 109 Å². The number of nitrogens with zero attached hydrogens (tertiary/aromatic N) is 8. The van der Waals surface area contributed by atoms with Crippen LogP contribution in [0.3, 0.4) is 0 Å². The fraction of sp³-hybridized carbons (Fsp3) is 0.447. The molecule has 0 bridgehead atoms. The number of hydrogen-bond acceptors (Lipinski definition) is 15. The van der Waals surface area contributed by atoms with Gasteiger partial charge in [-0.25, -0.2) is 9.36 Å². The van der Waals surface area contributed by atoms with Gasteiger partial charge in [0, 0.05) is 36.3 Å². The minimum atomic E-state index is -0.0399. The molecule has 0 saturated carbocycles. The summed E-state index contributed by atoms with van der Waals surface area (Å²) in [6.45, 7) is 16.5. The van der Waals surface area contributed by atoms with E-state index in [9.17, 15) is 9.59 Å². The smallest absolute Gasteiger partial charge is 0.251 e. The molecule has 0 unspecified atom stereocenters. The van der Waals surface area contributed by atoms with E-state index in [-0.39, 0.29) is 25.0 Å². The van der Waals surface area contributed by atoms with Crippen LogP contribution < -0.4 is 20.1 Å². The zero-order valence-corrected chi connectivity index (χ0v) is 55.6. The number of carbonyl (C=O) groups is 2. The fourth-order valence-electron chi connectivity index (χ4n) is 12.4. The molecule has 2 heterocycles. The van der Waals surface area contributed by atoms with E-state index in [4.69, 9.17) is 33.2 Å². The van der Waals surface area contributed by atoms with Gasteiger partial charge in [-0.1, -0.05) is 121 Å². The van der Waals surface area contributed by atoms with E-state index in [0.29, 0.717) is 115 Å². The summed E-state index contributed by atoms with van der Waals surface area (Å²) in [4.78, 5) is 31.2. The Labute approximate surface area is 560 Å². The van der Waals surface area contributed by atoms with Crippen molar-refractivity contribution in [3.05, 3.63) is 203 Å². The van der Waals surface area contributed by atoms with Crippen molar-refractivity contribution in [1.82, 2.24) is 50.4 Å². The third-order valence-corrected chi connectivity index (χ3v) is 17.5. The van der Waals surface area contributed by atoms with E-state index >= 15 is 0 Å². The highest BCUT2D eigenvalue weighted by Gasteiger charge is 2.27. The normalized spacial score (nSPS) is 13.0. The van der Waals surface area contributed by atoms with E-state index in [1.165, 1.54) is 22.3 Å². The van der Waals surface area contributed by atoms with Crippen molar-refractivity contribution < 1.29 is 42.7 Å². The van der Waals surface area contributed by atoms with Crippen LogP contribution in [0, 0.1) is 0 Å². The minimum Gasteiger partial charge on any atom is -0.487 e. The van der Waals surface area contributed by atoms with Gasteiger partial charge in [-0.3, -0.25) is 19.4 Å². The summed E-state index contributed by atoms with van der Waals surface area (Å²) < 4.78 is 43.9. The van der Waals surface area contributed by atoms with Crippen LogP contribution in [0.1, 0.15) is 107 Å². The summed E-state index contributed by atoms with van der Waals surface area (Å²) in [6.07, 6.45) is 14.6. The number of hydrogen-bond donors (Lipinski definition) is 2. The number of fused-ring (bicyclic) bond motifs is 2. The molecule has 8 aromatic rings. The van der Waals surface area contributed by atoms with Crippen LogP contribution in [0.2, 0.25) is 0 Å². The number of unbranched alkanes of at least 4 members (excludes halogenated alkanes) is 2. The summed E-state index contributed by atoms with van der Waals surface area (Å²) >= 11 is 0. The van der Waals surface area contributed by atoms with Crippen LogP contribution in [0.25, 0.3) is 22.3 Å². The SMILES string of the molecule is CCCN(CCCCNC(=O)c1ccc(-c2ccc(OCc3cn(CCOCCOCCOCCOCCOCCn4cc(COc5ccc(-c6ccc(C(=O)NCCCCN(CCC)C7Cc8ccccc8C7)cc6)cc5)nn4)nn3)cc2)cc1)C1Cc2ccccc2C1. The number of nitrogens with one attached hydrogen (secondary N) is 2. The molecule has 10 rings (SSSR count). The molecular weight excluding hydrogens is 1200 g/mol. The molecule has 19 heteroatoms. The molecule has 0 radical (unpaired) electrons. The number of aromatic nitrogens is 6. The van der Waals surface area contributed by atoms with Crippen LogP contribution in [0.5, 0.6) is 11.5 Å². The summed E-state index contributed by atoms with van der Waals surface area (Å²) in [5.74, 6) is 1.38. The Morgan fingerprint density at radius 3 is 1.08 bits per heavy atom. The zero-order chi connectivity index (χ0) is 65.5. The highest BCUT2D eigenvalue weighted by atomic mass is 16.6. The van der Waals surface area contributed by atoms with Crippen molar-refractivity contribution >= 4 is 11.8 Å². The van der Waals surface area contributed by atoms with Crippen molar-refractivity contribution in [2.24, 2.45) is 0 Å². The molecule has 2 N–H and O–H groups in total. The Kier molecular flexibility index (Phi) is 28.2. The standard InChI is InChI=1S/C76H96N10O9/c1-3-35-83(71-51-65-13-5-6-14-66(65)52-71)37-11-9-33-77-75(87)63-21-17-59(18-22-63)61-25-29-73(30-26-61)94-57-69-55-85(81-79-69)39-41-89-43-45-91-47-49-93-50-48-92-46-44-90-42-40-86-56-70(80-82-86)58-95-74-31-27-62(28-32-74)60-19-23-64(24-20-60)76(88)78-34-10-12-38-84(36-4-2)72-53-67-15-7-8-16-68(67)54-72/h5-8,13-32,55-56,71-72H,3-4,9-12,33-54,57-58H2,1-2H3,(H,77,87)(H,78,88). The molecular formula is C76H96N10O9. The molecule has 0 saturated heterocycles. The first kappa shape index (κ1) is 69.7. The van der Waals surface area contributed by atoms with Crippen molar-refractivity contribution in [2.75, 3.05) is 105 Å². The predicted octanol–water partition coefficient (Wildman–Crippen LogP) is 10.9. The summed E-state index contributed by atoms with van der Waals surface area (Å²) in [6, 6.07) is 50.2. The number of carbonyl (C=O) groups excluding carboxylic acids is 2. The Morgan fingerprint density at radius 2 is 0.747 bits per heavy atom. The number of ether oxygens (including phenoxy) is 7. The van der Waals surface area contributed by atoms with E-state index in [0.717, 1.165) is 136 Å². The molecule has 0 aliphatic heterocycles. The van der Waals surface area contributed by atoms with Gasteiger partial charge >= 0.3 is 0 Å². The molecule has 0 spiro atoms. The van der Waals surface area contributed by atoms with Crippen molar-refractivity contribution in [1.29, 1.82) is 0 Å². The molecule has 2 aliphatic rings. The maximum absolute atomic E-state index is 13.0. The van der Waals surface area contributed by atoms with Crippen LogP contribution in [-0.2, 0) is 75.7 Å². The predicted molar refractivity (Wildman–Crippen MR) is 369 cm³/mol. The van der Waals surface area contributed by atoms with Gasteiger partial charge in [0.2, 0.25) is 0 Å². The molecule has 504 valence electrons. The van der Waals surface area contributed by atoms with Crippen LogP contribution in [0.4, 0.5) is 0 Å². The maximum atomic E-state index is 13.0. The zero-order valence-electron chi connectivity index (χ0n) is 55.6. The van der Waals surface area contributed by atoms with Gasteiger partial charge in [-0.05, 0) is 183 Å². The fourth-order valence-corrected chi connectivity index (χ4v) is 12.4. The van der Waals surface area contributed by atoms with Gasteiger partial charge in [0.1, 0.15) is 36.1 Å². The summed E-state index contributed by atoms with van der Waals surface area (Å²) in [7, 11) is 0. The van der Waals surface area contributed by atoms with Gasteiger partial charge in [-0.15, -0.1) is 10.2 Å². The average molecular weight is 1290 g/mol. The Balaban J connectivity index is 0.485. The van der Waals surface area contributed by atoms with Crippen molar-refractivity contribution in [3.63, 3.8) is 0 Å². The maximum Gasteiger partial charge on any atom is 0.251 e. The second-order valence-corrected chi connectivity index (χ2v) is 24.4. The van der Waals surface area contributed by atoms with E-state index in [1.54, 1.807) is 9.36 Å². The topological polar surface area (TPSA) is 191 Å². The lowest BCUT2D eigenvalue weighted by atomic mass is 10.0. The molecule has 95 heavy (non-hydrogen) atoms. The number of amides is 2. The molecule has 19 nitrogen and oxygen atoms in total. The van der Waals surface area contributed by atoms with Gasteiger partial charge in [0.25, 0.3) is 11.8 Å².